The number of hydrogen-bond acceptors (Lipinski definition) is 4. The van der Waals surface area contributed by atoms with Gasteiger partial charge in [0.2, 0.25) is 0 Å². The highest BCUT2D eigenvalue weighted by Gasteiger charge is 2.19. The molecule has 0 aliphatic carbocycles. The Kier molecular flexibility index (Phi) is 7.53. The molecule has 1 amide bonds. The van der Waals surface area contributed by atoms with Gasteiger partial charge in [-0.2, -0.15) is 0 Å². The summed E-state index contributed by atoms with van der Waals surface area (Å²) in [4.78, 5) is 13.2. The van der Waals surface area contributed by atoms with E-state index >= 15 is 0 Å². The van der Waals surface area contributed by atoms with Crippen LogP contribution in [0.15, 0.2) is 83.8 Å². The zero-order valence-corrected chi connectivity index (χ0v) is 19.2. The Morgan fingerprint density at radius 3 is 2.25 bits per heavy atom. The molecule has 0 radical (unpaired) electrons. The first kappa shape index (κ1) is 23.3. The third-order valence-electron chi connectivity index (χ3n) is 4.96. The third kappa shape index (κ3) is 6.11. The number of carbonyl (C=O) groups is 1. The molecule has 0 bridgehead atoms. The molecule has 168 valence electrons. The van der Waals surface area contributed by atoms with Gasteiger partial charge in [-0.05, 0) is 60.4 Å². The van der Waals surface area contributed by atoms with E-state index in [1.54, 1.807) is 43.5 Å². The van der Waals surface area contributed by atoms with Crippen LogP contribution in [-0.4, -0.2) is 21.4 Å². The summed E-state index contributed by atoms with van der Waals surface area (Å²) in [5.74, 6) is 0.848. The van der Waals surface area contributed by atoms with Crippen molar-refractivity contribution >= 4 is 21.6 Å². The van der Waals surface area contributed by atoms with Gasteiger partial charge >= 0.3 is 0 Å². The van der Waals surface area contributed by atoms with Crippen molar-refractivity contribution in [3.05, 3.63) is 90.0 Å². The van der Waals surface area contributed by atoms with Crippen LogP contribution in [0.1, 0.15) is 42.2 Å². The second-order valence-corrected chi connectivity index (χ2v) is 9.61. The van der Waals surface area contributed by atoms with Crippen molar-refractivity contribution in [2.45, 2.75) is 31.2 Å². The molecule has 0 aliphatic rings. The first-order valence-electron chi connectivity index (χ1n) is 10.4. The number of methoxy groups -OCH3 is 1. The molecule has 7 heteroatoms. The molecule has 1 atom stereocenters. The summed E-state index contributed by atoms with van der Waals surface area (Å²) < 4.78 is 33.0. The molecule has 0 heterocycles. The molecule has 32 heavy (non-hydrogen) atoms. The largest absolute Gasteiger partial charge is 0.497 e. The van der Waals surface area contributed by atoms with Crippen molar-refractivity contribution < 1.29 is 17.9 Å². The second kappa shape index (κ2) is 10.3. The Bertz CT molecular complexity index is 1140. The fraction of sp³-hybridized carbons (Fsp3) is 0.240. The van der Waals surface area contributed by atoms with E-state index in [4.69, 9.17) is 4.74 Å². The van der Waals surface area contributed by atoms with Crippen LogP contribution in [0.5, 0.6) is 5.75 Å². The number of anilines is 1. The van der Waals surface area contributed by atoms with Gasteiger partial charge in [0, 0.05) is 11.3 Å². The molecule has 3 rings (SSSR count). The van der Waals surface area contributed by atoms with Gasteiger partial charge in [-0.1, -0.05) is 50.2 Å². The smallest absolute Gasteiger partial charge is 0.261 e. The fourth-order valence-corrected chi connectivity index (χ4v) is 4.44. The van der Waals surface area contributed by atoms with E-state index < -0.39 is 10.0 Å². The van der Waals surface area contributed by atoms with Crippen LogP contribution in [0.4, 0.5) is 5.69 Å². The molecule has 0 spiro atoms. The molecule has 0 fully saturated rings. The summed E-state index contributed by atoms with van der Waals surface area (Å²) in [5, 5.41) is 3.08. The van der Waals surface area contributed by atoms with Crippen LogP contribution >= 0.6 is 0 Å². The minimum absolute atomic E-state index is 0.159. The summed E-state index contributed by atoms with van der Waals surface area (Å²) in [6.07, 6.45) is 0.762. The average Bonchev–Trinajstić information content (AvgIpc) is 2.79. The molecule has 3 aromatic rings. The maximum absolute atomic E-state index is 13.0. The summed E-state index contributed by atoms with van der Waals surface area (Å²) in [5.41, 5.74) is 1.68. The lowest BCUT2D eigenvalue weighted by atomic mass is 9.96. The third-order valence-corrected chi connectivity index (χ3v) is 6.36. The Labute approximate surface area is 189 Å². The Morgan fingerprint density at radius 1 is 0.938 bits per heavy atom. The van der Waals surface area contributed by atoms with Crippen molar-refractivity contribution in [2.75, 3.05) is 11.8 Å². The van der Waals surface area contributed by atoms with Crippen molar-refractivity contribution in [3.8, 4) is 5.75 Å². The van der Waals surface area contributed by atoms with Crippen LogP contribution < -0.4 is 14.8 Å². The maximum Gasteiger partial charge on any atom is 0.261 e. The van der Waals surface area contributed by atoms with Crippen LogP contribution in [0.2, 0.25) is 0 Å². The maximum atomic E-state index is 13.0. The van der Waals surface area contributed by atoms with E-state index in [2.05, 4.69) is 23.9 Å². The number of benzene rings is 3. The zero-order chi connectivity index (χ0) is 23.1. The number of hydrogen-bond donors (Lipinski definition) is 2. The van der Waals surface area contributed by atoms with Crippen LogP contribution in [0.3, 0.4) is 0 Å². The summed E-state index contributed by atoms with van der Waals surface area (Å²) in [6.45, 7) is 4.20. The lowest BCUT2D eigenvalue weighted by molar-refractivity contribution is 0.0932. The average molecular weight is 453 g/mol. The number of rotatable bonds is 9. The van der Waals surface area contributed by atoms with Gasteiger partial charge in [0.15, 0.2) is 0 Å². The molecule has 6 nitrogen and oxygen atoms in total. The molecule has 3 aromatic carbocycles. The standard InChI is InChI=1S/C25H28N2O4S/c1-18(2)16-24(19-12-14-22(31-3)15-13-19)26-25(28)20-8-7-9-21(17-20)27-32(29,30)23-10-5-4-6-11-23/h4-15,17-18,24,27H,16H2,1-3H3,(H,26,28)/t24-/m0/s1. The minimum atomic E-state index is -3.74. The number of nitrogens with one attached hydrogen (secondary N) is 2. The highest BCUT2D eigenvalue weighted by Crippen LogP contribution is 2.25. The van der Waals surface area contributed by atoms with E-state index in [0.717, 1.165) is 17.7 Å². The number of sulfonamides is 1. The van der Waals surface area contributed by atoms with Gasteiger partial charge in [-0.3, -0.25) is 9.52 Å². The lowest BCUT2D eigenvalue weighted by Crippen LogP contribution is -2.29. The van der Waals surface area contributed by atoms with Crippen molar-refractivity contribution in [1.29, 1.82) is 0 Å². The molecule has 0 saturated heterocycles. The lowest BCUT2D eigenvalue weighted by Gasteiger charge is -2.22. The summed E-state index contributed by atoms with van der Waals surface area (Å²) in [7, 11) is -2.13. The van der Waals surface area contributed by atoms with Crippen LogP contribution in [-0.2, 0) is 10.0 Å². The fourth-order valence-electron chi connectivity index (χ4n) is 3.37. The van der Waals surface area contributed by atoms with Crippen molar-refractivity contribution in [2.24, 2.45) is 5.92 Å². The van der Waals surface area contributed by atoms with Crippen LogP contribution in [0, 0.1) is 5.92 Å². The molecule has 0 aliphatic heterocycles. The van der Waals surface area contributed by atoms with E-state index in [9.17, 15) is 13.2 Å². The van der Waals surface area contributed by atoms with Gasteiger partial charge in [0.1, 0.15) is 5.75 Å². The van der Waals surface area contributed by atoms with Crippen molar-refractivity contribution in [1.82, 2.24) is 5.32 Å². The van der Waals surface area contributed by atoms with E-state index in [1.807, 2.05) is 24.3 Å². The number of carbonyl (C=O) groups excluding carboxylic acids is 1. The number of amides is 1. The molecule has 0 aromatic heterocycles. The van der Waals surface area contributed by atoms with E-state index in [1.165, 1.54) is 18.2 Å². The highest BCUT2D eigenvalue weighted by molar-refractivity contribution is 7.92. The van der Waals surface area contributed by atoms with Gasteiger partial charge < -0.3 is 10.1 Å². The highest BCUT2D eigenvalue weighted by atomic mass is 32.2. The van der Waals surface area contributed by atoms with Gasteiger partial charge in [0.05, 0.1) is 18.0 Å². The molecular formula is C25H28N2O4S. The Morgan fingerprint density at radius 2 is 1.62 bits per heavy atom. The molecular weight excluding hydrogens is 424 g/mol. The monoisotopic (exact) mass is 452 g/mol. The van der Waals surface area contributed by atoms with Crippen molar-refractivity contribution in [3.63, 3.8) is 0 Å². The van der Waals surface area contributed by atoms with E-state index in [-0.39, 0.29) is 16.8 Å². The summed E-state index contributed by atoms with van der Waals surface area (Å²) in [6, 6.07) is 22.0. The predicted molar refractivity (Wildman–Crippen MR) is 126 cm³/mol. The van der Waals surface area contributed by atoms with E-state index in [0.29, 0.717) is 17.2 Å². The Balaban J connectivity index is 1.78. The summed E-state index contributed by atoms with van der Waals surface area (Å²) >= 11 is 0. The Hall–Kier alpha value is -3.32. The minimum Gasteiger partial charge on any atom is -0.497 e. The first-order chi connectivity index (χ1) is 15.3. The topological polar surface area (TPSA) is 84.5 Å². The SMILES string of the molecule is COc1ccc([C@H](CC(C)C)NC(=O)c2cccc(NS(=O)(=O)c3ccccc3)c2)cc1. The van der Waals surface area contributed by atoms with Crippen LogP contribution in [0.25, 0.3) is 0 Å². The van der Waals surface area contributed by atoms with Gasteiger partial charge in [0.25, 0.3) is 15.9 Å². The quantitative estimate of drug-likeness (QED) is 0.478. The first-order valence-corrected chi connectivity index (χ1v) is 11.9. The molecule has 0 unspecified atom stereocenters. The second-order valence-electron chi connectivity index (χ2n) is 7.93. The molecule has 2 N–H and O–H groups in total. The normalized spacial score (nSPS) is 12.2. The number of ether oxygens (including phenoxy) is 1. The van der Waals surface area contributed by atoms with Gasteiger partial charge in [-0.25, -0.2) is 8.42 Å². The zero-order valence-electron chi connectivity index (χ0n) is 18.4. The predicted octanol–water partition coefficient (Wildman–Crippen LogP) is 5.01. The molecule has 0 saturated carbocycles. The van der Waals surface area contributed by atoms with Gasteiger partial charge in [-0.15, -0.1) is 0 Å².